The monoisotopic (exact) mass is 576 g/mol. The van der Waals surface area contributed by atoms with E-state index in [-0.39, 0.29) is 41.3 Å². The van der Waals surface area contributed by atoms with Crippen LogP contribution >= 0.6 is 0 Å². The maximum atomic E-state index is 14.3. The van der Waals surface area contributed by atoms with E-state index in [1.807, 2.05) is 13.0 Å². The molecule has 4 saturated heterocycles. The number of carbonyl (C=O) groups excluding carboxylic acids is 2. The van der Waals surface area contributed by atoms with Gasteiger partial charge in [-0.1, -0.05) is 11.6 Å². The van der Waals surface area contributed by atoms with Crippen molar-refractivity contribution in [2.75, 3.05) is 46.9 Å². The molecule has 1 saturated carbocycles. The molecule has 10 nitrogen and oxygen atoms in total. The third-order valence-electron chi connectivity index (χ3n) is 10.9. The number of hydrogen-bond acceptors (Lipinski definition) is 10. The van der Waals surface area contributed by atoms with E-state index < -0.39 is 22.9 Å². The molecule has 10 heteroatoms. The summed E-state index contributed by atoms with van der Waals surface area (Å²) in [5.41, 5.74) is 1.40. The highest BCUT2D eigenvalue weighted by Gasteiger charge is 2.84. The van der Waals surface area contributed by atoms with Crippen LogP contribution < -0.4 is 19.1 Å². The quantitative estimate of drug-likeness (QED) is 0.407. The van der Waals surface area contributed by atoms with Gasteiger partial charge in [-0.05, 0) is 55.7 Å². The average molecular weight is 577 g/mol. The number of phenols is 1. The summed E-state index contributed by atoms with van der Waals surface area (Å²) in [6.07, 6.45) is 2.59. The number of carbonyl (C=O) groups is 2. The molecule has 0 amide bonds. The van der Waals surface area contributed by atoms with Crippen molar-refractivity contribution in [2.24, 2.45) is 11.3 Å². The molecule has 5 heterocycles. The van der Waals surface area contributed by atoms with Crippen molar-refractivity contribution >= 4 is 17.6 Å². The van der Waals surface area contributed by atoms with Crippen molar-refractivity contribution in [1.29, 1.82) is 0 Å². The third-order valence-corrected chi connectivity index (χ3v) is 10.9. The third kappa shape index (κ3) is 2.98. The Kier molecular flexibility index (Phi) is 5.80. The van der Waals surface area contributed by atoms with Gasteiger partial charge < -0.3 is 33.7 Å². The molecule has 8 atom stereocenters. The Morgan fingerprint density at radius 1 is 1.05 bits per heavy atom. The van der Waals surface area contributed by atoms with Gasteiger partial charge in [-0.25, -0.2) is 4.79 Å². The number of aromatic hydroxyl groups is 1. The zero-order valence-corrected chi connectivity index (χ0v) is 24.7. The molecule has 0 aromatic heterocycles. The first-order valence-corrected chi connectivity index (χ1v) is 14.3. The first kappa shape index (κ1) is 26.9. The van der Waals surface area contributed by atoms with Crippen LogP contribution in [-0.2, 0) is 19.7 Å². The normalized spacial score (nSPS) is 35.6. The van der Waals surface area contributed by atoms with Gasteiger partial charge in [-0.2, -0.15) is 0 Å². The molecule has 0 radical (unpaired) electrons. The number of rotatable bonds is 6. The molecule has 5 fully saturated rings. The van der Waals surface area contributed by atoms with Gasteiger partial charge >= 0.3 is 11.9 Å². The fourth-order valence-electron chi connectivity index (χ4n) is 9.54. The van der Waals surface area contributed by atoms with Crippen LogP contribution in [0.25, 0.3) is 0 Å². The molecular formula is C32H36N2O8. The molecule has 1 spiro atoms. The molecule has 222 valence electrons. The molecule has 5 aliphatic heterocycles. The van der Waals surface area contributed by atoms with Crippen LogP contribution in [0.3, 0.4) is 0 Å². The van der Waals surface area contributed by atoms with Gasteiger partial charge in [0, 0.05) is 37.3 Å². The van der Waals surface area contributed by atoms with Gasteiger partial charge in [-0.15, -0.1) is 0 Å². The van der Waals surface area contributed by atoms with E-state index in [4.69, 9.17) is 23.7 Å². The largest absolute Gasteiger partial charge is 0.508 e. The van der Waals surface area contributed by atoms with Crippen molar-refractivity contribution in [3.63, 3.8) is 0 Å². The van der Waals surface area contributed by atoms with Crippen LogP contribution in [0.4, 0.5) is 5.69 Å². The summed E-state index contributed by atoms with van der Waals surface area (Å²) < 4.78 is 28.8. The molecule has 42 heavy (non-hydrogen) atoms. The number of phenolic OH excluding ortho intramolecular Hbond substituents is 1. The van der Waals surface area contributed by atoms with Crippen molar-refractivity contribution in [3.05, 3.63) is 53.1 Å². The second-order valence-corrected chi connectivity index (χ2v) is 12.0. The van der Waals surface area contributed by atoms with Crippen LogP contribution in [0.2, 0.25) is 0 Å². The molecule has 1 aliphatic carbocycles. The Balaban J connectivity index is 1.46. The zero-order valence-electron chi connectivity index (χ0n) is 24.7. The van der Waals surface area contributed by atoms with Gasteiger partial charge in [0.1, 0.15) is 17.3 Å². The van der Waals surface area contributed by atoms with Crippen molar-refractivity contribution in [3.8, 4) is 23.0 Å². The number of nitrogens with zero attached hydrogens (tertiary/aromatic N) is 2. The fraction of sp³-hybridized carbons (Fsp3) is 0.500. The SMILES string of the molecule is C/C=C1/CN2[C@H]3C[C@@]45c6cc(O)ccc6N(C)[C@@H]4[C@@H]2C[C@@H]1[C@]3(C(=O)OC)[C@H]5OC(=O)c1cc(OC)c(OC)c(OC)c1. The topological polar surface area (TPSA) is 107 Å². The van der Waals surface area contributed by atoms with E-state index in [9.17, 15) is 14.7 Å². The van der Waals surface area contributed by atoms with E-state index in [1.165, 1.54) is 28.4 Å². The number of methoxy groups -OCH3 is 4. The number of fused-ring (bicyclic) bond motifs is 2. The van der Waals surface area contributed by atoms with Crippen LogP contribution in [0, 0.1) is 11.3 Å². The molecule has 8 rings (SSSR count). The fourth-order valence-corrected chi connectivity index (χ4v) is 9.54. The number of benzene rings is 2. The van der Waals surface area contributed by atoms with E-state index in [1.54, 1.807) is 24.3 Å². The Bertz CT molecular complexity index is 1510. The maximum absolute atomic E-state index is 14.3. The van der Waals surface area contributed by atoms with E-state index in [2.05, 4.69) is 22.9 Å². The van der Waals surface area contributed by atoms with Crippen molar-refractivity contribution in [1.82, 2.24) is 4.90 Å². The Hall–Kier alpha value is -3.92. The Morgan fingerprint density at radius 3 is 2.38 bits per heavy atom. The van der Waals surface area contributed by atoms with E-state index in [0.717, 1.165) is 29.8 Å². The predicted molar refractivity (Wildman–Crippen MR) is 152 cm³/mol. The van der Waals surface area contributed by atoms with Crippen LogP contribution in [0.5, 0.6) is 23.0 Å². The smallest absolute Gasteiger partial charge is 0.338 e. The molecule has 2 aromatic rings. The summed E-state index contributed by atoms with van der Waals surface area (Å²) in [7, 11) is 7.96. The molecule has 1 unspecified atom stereocenters. The molecule has 1 N–H and O–H groups in total. The lowest BCUT2D eigenvalue weighted by molar-refractivity contribution is -0.180. The highest BCUT2D eigenvalue weighted by atomic mass is 16.6. The number of esters is 2. The number of hydrogen-bond donors (Lipinski definition) is 1. The van der Waals surface area contributed by atoms with Gasteiger partial charge in [0.15, 0.2) is 11.5 Å². The lowest BCUT2D eigenvalue weighted by Gasteiger charge is -2.61. The number of likely N-dealkylation sites (N-methyl/N-ethyl adjacent to an activating group) is 1. The summed E-state index contributed by atoms with van der Waals surface area (Å²) >= 11 is 0. The highest BCUT2D eigenvalue weighted by molar-refractivity contribution is 5.93. The number of allylic oxidation sites excluding steroid dienone is 1. The van der Waals surface area contributed by atoms with Crippen LogP contribution in [-0.4, -0.2) is 88.2 Å². The Labute approximate surface area is 244 Å². The summed E-state index contributed by atoms with van der Waals surface area (Å²) in [5, 5.41) is 10.7. The number of ether oxygens (including phenoxy) is 5. The molecular weight excluding hydrogens is 540 g/mol. The number of piperidine rings is 4. The second kappa shape index (κ2) is 9.04. The summed E-state index contributed by atoms with van der Waals surface area (Å²) in [6.45, 7) is 2.77. The van der Waals surface area contributed by atoms with Gasteiger partial charge in [0.05, 0.1) is 45.5 Å². The summed E-state index contributed by atoms with van der Waals surface area (Å²) in [5.74, 6) is 0.0369. The molecule has 6 aliphatic rings. The molecule has 2 aromatic carbocycles. The maximum Gasteiger partial charge on any atom is 0.338 e. The van der Waals surface area contributed by atoms with Gasteiger partial charge in [0.2, 0.25) is 5.75 Å². The predicted octanol–water partition coefficient (Wildman–Crippen LogP) is 3.30. The first-order valence-electron chi connectivity index (χ1n) is 14.3. The average Bonchev–Trinajstić information content (AvgIpc) is 3.40. The van der Waals surface area contributed by atoms with Crippen molar-refractivity contribution in [2.45, 2.75) is 49.4 Å². The van der Waals surface area contributed by atoms with E-state index in [0.29, 0.717) is 23.7 Å². The lowest BCUT2D eigenvalue weighted by Crippen LogP contribution is -2.71. The van der Waals surface area contributed by atoms with Gasteiger partial charge in [0.25, 0.3) is 0 Å². The minimum atomic E-state index is -1.12. The molecule has 6 bridgehead atoms. The van der Waals surface area contributed by atoms with Gasteiger partial charge in [-0.3, -0.25) is 9.69 Å². The number of anilines is 1. The zero-order chi connectivity index (χ0) is 29.7. The highest BCUT2D eigenvalue weighted by Crippen LogP contribution is 2.73. The standard InChI is InChI=1S/C32H36N2O8/c1-7-16-15-34-22-13-19(16)32(30(37)41-6)25(34)14-31(20-12-18(35)8-9-21(20)33(2)27(22)31)29(32)42-28(36)17-10-23(38-3)26(40-5)24(11-17)39-4/h7-12,19,22,25,27,29,35H,13-15H2,1-6H3/b16-7-/t19-,22-,25-,27+,29-,31+,32+/m0/s1. The Morgan fingerprint density at radius 2 is 1.76 bits per heavy atom. The minimum absolute atomic E-state index is 0.0711. The van der Waals surface area contributed by atoms with Crippen molar-refractivity contribution < 1.29 is 38.4 Å². The lowest BCUT2D eigenvalue weighted by atomic mass is 9.58. The summed E-state index contributed by atoms with van der Waals surface area (Å²) in [4.78, 5) is 33.2. The minimum Gasteiger partial charge on any atom is -0.508 e. The second-order valence-electron chi connectivity index (χ2n) is 12.0. The van der Waals surface area contributed by atoms with Crippen LogP contribution in [0.1, 0.15) is 35.7 Å². The summed E-state index contributed by atoms with van der Waals surface area (Å²) in [6, 6.07) is 8.41. The first-order chi connectivity index (χ1) is 20.2. The van der Waals surface area contributed by atoms with Crippen LogP contribution in [0.15, 0.2) is 42.0 Å². The van der Waals surface area contributed by atoms with E-state index >= 15 is 0 Å².